The molecule has 0 aliphatic heterocycles. The molecule has 0 saturated carbocycles. The van der Waals surface area contributed by atoms with Gasteiger partial charge >= 0.3 is 0 Å². The highest BCUT2D eigenvalue weighted by Gasteiger charge is 2.12. The first kappa shape index (κ1) is 16.1. The zero-order valence-electron chi connectivity index (χ0n) is 13.6. The average molecular weight is 359 g/mol. The molecule has 0 spiro atoms. The van der Waals surface area contributed by atoms with Crippen LogP contribution in [0.3, 0.4) is 0 Å². The average Bonchev–Trinajstić information content (AvgIpc) is 3.23. The zero-order valence-corrected chi connectivity index (χ0v) is 14.4. The molecule has 0 amide bonds. The number of hydrogen-bond acceptors (Lipinski definition) is 5. The lowest BCUT2D eigenvalue weighted by molar-refractivity contribution is -0.384. The maximum Gasteiger partial charge on any atom is 0.269 e. The minimum Gasteiger partial charge on any atom is -0.258 e. The van der Waals surface area contributed by atoms with Crippen LogP contribution in [-0.4, -0.2) is 14.9 Å². The van der Waals surface area contributed by atoms with Gasteiger partial charge in [0.2, 0.25) is 0 Å². The molecule has 0 radical (unpaired) electrons. The number of nitro groups is 1. The number of rotatable bonds is 4. The van der Waals surface area contributed by atoms with Crippen LogP contribution in [0.5, 0.6) is 0 Å². The normalized spacial score (nSPS) is 10.6. The van der Waals surface area contributed by atoms with Gasteiger partial charge in [0, 0.05) is 23.3 Å². The van der Waals surface area contributed by atoms with Crippen LogP contribution < -0.4 is 0 Å². The van der Waals surface area contributed by atoms with Crippen molar-refractivity contribution in [2.75, 3.05) is 0 Å². The molecule has 5 nitrogen and oxygen atoms in total. The van der Waals surface area contributed by atoms with Gasteiger partial charge in [0.15, 0.2) is 5.82 Å². The van der Waals surface area contributed by atoms with Crippen LogP contribution in [0, 0.1) is 10.1 Å². The molecule has 2 aromatic carbocycles. The highest BCUT2D eigenvalue weighted by molar-refractivity contribution is 7.13. The SMILES string of the molecule is O=[N+]([O-])c1ccc(-c2cc(-c3ccccc3)nc(-c3cccs3)n2)cc1. The summed E-state index contributed by atoms with van der Waals surface area (Å²) in [5.41, 5.74) is 3.42. The third kappa shape index (κ3) is 3.22. The lowest BCUT2D eigenvalue weighted by Crippen LogP contribution is -1.95. The van der Waals surface area contributed by atoms with Gasteiger partial charge in [-0.05, 0) is 29.6 Å². The predicted molar refractivity (Wildman–Crippen MR) is 103 cm³/mol. The fourth-order valence-corrected chi connectivity index (χ4v) is 3.28. The summed E-state index contributed by atoms with van der Waals surface area (Å²) in [5.74, 6) is 0.648. The first-order valence-electron chi connectivity index (χ1n) is 7.94. The van der Waals surface area contributed by atoms with Gasteiger partial charge in [-0.25, -0.2) is 9.97 Å². The Balaban J connectivity index is 1.86. The van der Waals surface area contributed by atoms with E-state index in [-0.39, 0.29) is 5.69 Å². The van der Waals surface area contributed by atoms with Gasteiger partial charge in [0.05, 0.1) is 21.2 Å². The number of nitro benzene ring substituents is 1. The maximum absolute atomic E-state index is 10.9. The first-order valence-corrected chi connectivity index (χ1v) is 8.82. The van der Waals surface area contributed by atoms with Crippen molar-refractivity contribution in [2.45, 2.75) is 0 Å². The third-order valence-corrected chi connectivity index (χ3v) is 4.78. The van der Waals surface area contributed by atoms with E-state index in [0.717, 1.165) is 27.4 Å². The monoisotopic (exact) mass is 359 g/mol. The summed E-state index contributed by atoms with van der Waals surface area (Å²) in [6.07, 6.45) is 0. The number of benzene rings is 2. The predicted octanol–water partition coefficient (Wildman–Crippen LogP) is 5.45. The minimum absolute atomic E-state index is 0.0598. The Morgan fingerprint density at radius 3 is 2.04 bits per heavy atom. The lowest BCUT2D eigenvalue weighted by atomic mass is 10.1. The van der Waals surface area contributed by atoms with Gasteiger partial charge in [0.1, 0.15) is 0 Å². The Bertz CT molecular complexity index is 1050. The molecule has 26 heavy (non-hydrogen) atoms. The molecule has 0 N–H and O–H groups in total. The molecule has 2 heterocycles. The molecular weight excluding hydrogens is 346 g/mol. The fourth-order valence-electron chi connectivity index (χ4n) is 2.62. The summed E-state index contributed by atoms with van der Waals surface area (Å²) >= 11 is 1.58. The van der Waals surface area contributed by atoms with Gasteiger partial charge in [-0.1, -0.05) is 36.4 Å². The van der Waals surface area contributed by atoms with Gasteiger partial charge in [-0.3, -0.25) is 10.1 Å². The summed E-state index contributed by atoms with van der Waals surface area (Å²) < 4.78 is 0. The van der Waals surface area contributed by atoms with E-state index in [2.05, 4.69) is 4.98 Å². The fraction of sp³-hybridized carbons (Fsp3) is 0. The summed E-state index contributed by atoms with van der Waals surface area (Å²) in [6, 6.07) is 22.2. The second-order valence-corrected chi connectivity index (χ2v) is 6.56. The van der Waals surface area contributed by atoms with Crippen molar-refractivity contribution in [2.24, 2.45) is 0 Å². The molecule has 6 heteroatoms. The molecule has 2 aromatic heterocycles. The first-order chi connectivity index (χ1) is 12.7. The molecule has 4 rings (SSSR count). The van der Waals surface area contributed by atoms with Crippen LogP contribution in [0.15, 0.2) is 78.2 Å². The number of thiophene rings is 1. The number of non-ortho nitro benzene ring substituents is 1. The molecule has 0 fully saturated rings. The molecule has 0 saturated heterocycles. The van der Waals surface area contributed by atoms with Crippen molar-refractivity contribution in [1.82, 2.24) is 9.97 Å². The van der Waals surface area contributed by atoms with Crippen molar-refractivity contribution >= 4 is 17.0 Å². The third-order valence-electron chi connectivity index (χ3n) is 3.91. The molecule has 4 aromatic rings. The number of hydrogen-bond donors (Lipinski definition) is 0. The van der Waals surface area contributed by atoms with Gasteiger partial charge in [0.25, 0.3) is 5.69 Å². The van der Waals surface area contributed by atoms with E-state index in [4.69, 9.17) is 4.98 Å². The zero-order chi connectivity index (χ0) is 17.9. The largest absolute Gasteiger partial charge is 0.269 e. The van der Waals surface area contributed by atoms with Crippen LogP contribution in [-0.2, 0) is 0 Å². The van der Waals surface area contributed by atoms with Crippen molar-refractivity contribution in [3.63, 3.8) is 0 Å². The molecule has 0 unspecified atom stereocenters. The second kappa shape index (κ2) is 6.85. The Labute approximate surface area is 153 Å². The van der Waals surface area contributed by atoms with Gasteiger partial charge in [-0.15, -0.1) is 11.3 Å². The van der Waals surface area contributed by atoms with Crippen molar-refractivity contribution in [3.05, 3.63) is 88.3 Å². The van der Waals surface area contributed by atoms with E-state index >= 15 is 0 Å². The van der Waals surface area contributed by atoms with E-state index in [1.807, 2.05) is 53.9 Å². The van der Waals surface area contributed by atoms with E-state index in [1.165, 1.54) is 12.1 Å². The Morgan fingerprint density at radius 2 is 1.46 bits per heavy atom. The summed E-state index contributed by atoms with van der Waals surface area (Å²) in [7, 11) is 0. The van der Waals surface area contributed by atoms with Crippen LogP contribution in [0.4, 0.5) is 5.69 Å². The van der Waals surface area contributed by atoms with E-state index in [0.29, 0.717) is 5.82 Å². The molecule has 126 valence electrons. The highest BCUT2D eigenvalue weighted by atomic mass is 32.1. The second-order valence-electron chi connectivity index (χ2n) is 5.61. The molecular formula is C20H13N3O2S. The van der Waals surface area contributed by atoms with Crippen molar-refractivity contribution in [1.29, 1.82) is 0 Å². The van der Waals surface area contributed by atoms with Crippen molar-refractivity contribution in [3.8, 4) is 33.2 Å². The van der Waals surface area contributed by atoms with Crippen LogP contribution in [0.2, 0.25) is 0 Å². The van der Waals surface area contributed by atoms with E-state index in [9.17, 15) is 10.1 Å². The van der Waals surface area contributed by atoms with Crippen molar-refractivity contribution < 1.29 is 4.92 Å². The Morgan fingerprint density at radius 1 is 0.808 bits per heavy atom. The summed E-state index contributed by atoms with van der Waals surface area (Å²) in [4.78, 5) is 20.8. The van der Waals surface area contributed by atoms with Crippen LogP contribution in [0.1, 0.15) is 0 Å². The number of aromatic nitrogens is 2. The maximum atomic E-state index is 10.9. The molecule has 0 atom stereocenters. The topological polar surface area (TPSA) is 68.9 Å². The molecule has 0 bridgehead atoms. The summed E-state index contributed by atoms with van der Waals surface area (Å²) in [6.45, 7) is 0. The van der Waals surface area contributed by atoms with E-state index in [1.54, 1.807) is 23.5 Å². The smallest absolute Gasteiger partial charge is 0.258 e. The summed E-state index contributed by atoms with van der Waals surface area (Å²) in [5, 5.41) is 12.9. The lowest BCUT2D eigenvalue weighted by Gasteiger charge is -2.08. The Hall–Kier alpha value is -3.38. The van der Waals surface area contributed by atoms with Gasteiger partial charge < -0.3 is 0 Å². The van der Waals surface area contributed by atoms with Crippen LogP contribution in [0.25, 0.3) is 33.2 Å². The molecule has 0 aliphatic rings. The van der Waals surface area contributed by atoms with Gasteiger partial charge in [-0.2, -0.15) is 0 Å². The highest BCUT2D eigenvalue weighted by Crippen LogP contribution is 2.29. The number of nitrogens with zero attached hydrogens (tertiary/aromatic N) is 3. The standard InChI is InChI=1S/C20H13N3O2S/c24-23(25)16-10-8-15(9-11-16)18-13-17(14-5-2-1-3-6-14)21-20(22-18)19-7-4-12-26-19/h1-13H. The quantitative estimate of drug-likeness (QED) is 0.359. The Kier molecular flexibility index (Phi) is 4.25. The van der Waals surface area contributed by atoms with Crippen LogP contribution >= 0.6 is 11.3 Å². The minimum atomic E-state index is -0.407. The molecule has 0 aliphatic carbocycles. The van der Waals surface area contributed by atoms with E-state index < -0.39 is 4.92 Å².